The number of nitrogens with zero attached hydrogens (tertiary/aromatic N) is 1. The molecule has 1 aromatic heterocycles. The first kappa shape index (κ1) is 13.0. The fourth-order valence-electron chi connectivity index (χ4n) is 1.69. The van der Waals surface area contributed by atoms with Crippen LogP contribution in [0.2, 0.25) is 0 Å². The molecule has 6 heteroatoms. The molecular weight excluding hydrogens is 248 g/mol. The Balaban J connectivity index is 1.85. The van der Waals surface area contributed by atoms with Crippen molar-refractivity contribution >= 4 is 34.0 Å². The molecule has 0 aliphatic heterocycles. The molecule has 1 aromatic carbocycles. The molecule has 2 aromatic rings. The highest BCUT2D eigenvalue weighted by molar-refractivity contribution is 7.99. The van der Waals surface area contributed by atoms with E-state index in [1.165, 1.54) is 0 Å². The smallest absolute Gasteiger partial charge is 0.0672 e. The van der Waals surface area contributed by atoms with Crippen molar-refractivity contribution in [2.24, 2.45) is 0 Å². The van der Waals surface area contributed by atoms with E-state index in [-0.39, 0.29) is 6.61 Å². The Hall–Kier alpha value is -1.40. The Labute approximate surface area is 110 Å². The number of nitrogen functional groups attached to an aromatic ring is 1. The SMILES string of the molecule is Nc1cc2cn[nH]c2cc1NCCSCCCO. The average molecular weight is 266 g/mol. The molecule has 0 atom stereocenters. The summed E-state index contributed by atoms with van der Waals surface area (Å²) in [6.07, 6.45) is 2.62. The maximum absolute atomic E-state index is 8.66. The monoisotopic (exact) mass is 266 g/mol. The first-order valence-electron chi connectivity index (χ1n) is 5.96. The van der Waals surface area contributed by atoms with Crippen molar-refractivity contribution in [2.75, 3.05) is 35.7 Å². The number of thioether (sulfide) groups is 1. The van der Waals surface area contributed by atoms with E-state index >= 15 is 0 Å². The number of aliphatic hydroxyl groups excluding tert-OH is 1. The lowest BCUT2D eigenvalue weighted by molar-refractivity contribution is 0.296. The Morgan fingerprint density at radius 2 is 2.28 bits per heavy atom. The zero-order valence-corrected chi connectivity index (χ0v) is 11.0. The number of hydrogen-bond donors (Lipinski definition) is 4. The minimum Gasteiger partial charge on any atom is -0.397 e. The Morgan fingerprint density at radius 3 is 3.11 bits per heavy atom. The van der Waals surface area contributed by atoms with Crippen LogP contribution in [0, 0.1) is 0 Å². The summed E-state index contributed by atoms with van der Waals surface area (Å²) in [6, 6.07) is 3.90. The molecule has 1 heterocycles. The highest BCUT2D eigenvalue weighted by Crippen LogP contribution is 2.24. The van der Waals surface area contributed by atoms with Gasteiger partial charge >= 0.3 is 0 Å². The maximum Gasteiger partial charge on any atom is 0.0672 e. The quantitative estimate of drug-likeness (QED) is 0.452. The van der Waals surface area contributed by atoms with Gasteiger partial charge in [-0.15, -0.1) is 0 Å². The Bertz CT molecular complexity index is 500. The highest BCUT2D eigenvalue weighted by atomic mass is 32.2. The molecule has 0 bridgehead atoms. The third-order valence-corrected chi connectivity index (χ3v) is 3.69. The number of benzene rings is 1. The van der Waals surface area contributed by atoms with E-state index < -0.39 is 0 Å². The van der Waals surface area contributed by atoms with Gasteiger partial charge in [0.1, 0.15) is 0 Å². The summed E-state index contributed by atoms with van der Waals surface area (Å²) < 4.78 is 0. The van der Waals surface area contributed by atoms with Gasteiger partial charge < -0.3 is 16.2 Å². The van der Waals surface area contributed by atoms with Crippen molar-refractivity contribution in [3.05, 3.63) is 18.3 Å². The molecule has 0 amide bonds. The number of aliphatic hydroxyl groups is 1. The first-order chi connectivity index (χ1) is 8.81. The lowest BCUT2D eigenvalue weighted by Crippen LogP contribution is -2.06. The van der Waals surface area contributed by atoms with Gasteiger partial charge in [-0.05, 0) is 24.3 Å². The normalized spacial score (nSPS) is 10.9. The lowest BCUT2D eigenvalue weighted by atomic mass is 10.2. The van der Waals surface area contributed by atoms with Crippen LogP contribution in [0.4, 0.5) is 11.4 Å². The summed E-state index contributed by atoms with van der Waals surface area (Å²) in [6.45, 7) is 1.13. The number of anilines is 2. The standard InChI is InChI=1S/C12H18N4OS/c13-10-6-9-8-15-16-11(9)7-12(10)14-2-5-18-4-1-3-17/h6-8,14,17H,1-5,13H2,(H,15,16). The van der Waals surface area contributed by atoms with Crippen LogP contribution >= 0.6 is 11.8 Å². The van der Waals surface area contributed by atoms with Crippen molar-refractivity contribution in [1.82, 2.24) is 10.2 Å². The third kappa shape index (κ3) is 3.30. The maximum atomic E-state index is 8.66. The van der Waals surface area contributed by atoms with Crippen LogP contribution < -0.4 is 11.1 Å². The van der Waals surface area contributed by atoms with Crippen LogP contribution in [-0.2, 0) is 0 Å². The molecule has 0 fully saturated rings. The van der Waals surface area contributed by atoms with Crippen LogP contribution in [0.1, 0.15) is 6.42 Å². The van der Waals surface area contributed by atoms with Crippen molar-refractivity contribution in [1.29, 1.82) is 0 Å². The summed E-state index contributed by atoms with van der Waals surface area (Å²) in [5.74, 6) is 1.99. The molecule has 0 radical (unpaired) electrons. The minimum atomic E-state index is 0.268. The largest absolute Gasteiger partial charge is 0.397 e. The predicted molar refractivity (Wildman–Crippen MR) is 78.0 cm³/mol. The molecule has 5 N–H and O–H groups in total. The van der Waals surface area contributed by atoms with Crippen molar-refractivity contribution in [3.63, 3.8) is 0 Å². The zero-order chi connectivity index (χ0) is 12.8. The topological polar surface area (TPSA) is 87.0 Å². The van der Waals surface area contributed by atoms with Gasteiger partial charge in [-0.1, -0.05) is 0 Å². The number of hydrogen-bond acceptors (Lipinski definition) is 5. The minimum absolute atomic E-state index is 0.268. The first-order valence-corrected chi connectivity index (χ1v) is 7.12. The van der Waals surface area contributed by atoms with Gasteiger partial charge in [0.05, 0.1) is 23.1 Å². The molecule has 0 unspecified atom stereocenters. The van der Waals surface area contributed by atoms with Gasteiger partial charge in [-0.25, -0.2) is 0 Å². The molecule has 0 saturated heterocycles. The fraction of sp³-hybridized carbons (Fsp3) is 0.417. The van der Waals surface area contributed by atoms with E-state index in [4.69, 9.17) is 10.8 Å². The fourth-order valence-corrected chi connectivity index (χ4v) is 2.47. The number of aromatic nitrogens is 2. The molecule has 18 heavy (non-hydrogen) atoms. The van der Waals surface area contributed by atoms with Crippen LogP contribution in [-0.4, -0.2) is 40.0 Å². The van der Waals surface area contributed by atoms with E-state index in [9.17, 15) is 0 Å². The van der Waals surface area contributed by atoms with Gasteiger partial charge in [0.15, 0.2) is 0 Å². The van der Waals surface area contributed by atoms with Gasteiger partial charge in [0, 0.05) is 24.3 Å². The van der Waals surface area contributed by atoms with Crippen molar-refractivity contribution in [2.45, 2.75) is 6.42 Å². The summed E-state index contributed by atoms with van der Waals surface area (Å²) >= 11 is 1.82. The summed E-state index contributed by atoms with van der Waals surface area (Å²) in [4.78, 5) is 0. The summed E-state index contributed by atoms with van der Waals surface area (Å²) in [5, 5.41) is 19.9. The van der Waals surface area contributed by atoms with Crippen LogP contribution in [0.25, 0.3) is 10.9 Å². The molecule has 0 aliphatic carbocycles. The summed E-state index contributed by atoms with van der Waals surface area (Å²) in [5.41, 5.74) is 8.63. The van der Waals surface area contributed by atoms with Crippen LogP contribution in [0.3, 0.4) is 0 Å². The second kappa shape index (κ2) is 6.51. The van der Waals surface area contributed by atoms with Gasteiger partial charge in [-0.2, -0.15) is 16.9 Å². The number of H-pyrrole nitrogens is 1. The van der Waals surface area contributed by atoms with E-state index in [1.54, 1.807) is 6.20 Å². The Kier molecular flexibility index (Phi) is 4.72. The number of fused-ring (bicyclic) bond motifs is 1. The van der Waals surface area contributed by atoms with E-state index in [1.807, 2.05) is 23.9 Å². The number of aromatic amines is 1. The molecule has 0 spiro atoms. The second-order valence-electron chi connectivity index (χ2n) is 4.01. The van der Waals surface area contributed by atoms with Gasteiger partial charge in [0.2, 0.25) is 0 Å². The molecule has 5 nitrogen and oxygen atoms in total. The predicted octanol–water partition coefficient (Wildman–Crippen LogP) is 1.67. The Morgan fingerprint density at radius 1 is 1.39 bits per heavy atom. The van der Waals surface area contributed by atoms with Crippen LogP contribution in [0.15, 0.2) is 18.3 Å². The highest BCUT2D eigenvalue weighted by Gasteiger charge is 2.03. The van der Waals surface area contributed by atoms with Gasteiger partial charge in [0.25, 0.3) is 0 Å². The van der Waals surface area contributed by atoms with Gasteiger partial charge in [-0.3, -0.25) is 5.10 Å². The summed E-state index contributed by atoms with van der Waals surface area (Å²) in [7, 11) is 0. The molecular formula is C12H18N4OS. The number of rotatable bonds is 7. The molecule has 2 rings (SSSR count). The zero-order valence-electron chi connectivity index (χ0n) is 10.1. The van der Waals surface area contributed by atoms with Crippen molar-refractivity contribution in [3.8, 4) is 0 Å². The number of nitrogens with two attached hydrogens (primary N) is 1. The van der Waals surface area contributed by atoms with Crippen LogP contribution in [0.5, 0.6) is 0 Å². The molecule has 0 saturated carbocycles. The number of nitrogens with one attached hydrogen (secondary N) is 2. The molecule has 98 valence electrons. The molecule has 0 aliphatic rings. The average Bonchev–Trinajstić information content (AvgIpc) is 2.80. The van der Waals surface area contributed by atoms with E-state index in [2.05, 4.69) is 15.5 Å². The van der Waals surface area contributed by atoms with E-state index in [0.29, 0.717) is 0 Å². The second-order valence-corrected chi connectivity index (χ2v) is 5.24. The van der Waals surface area contributed by atoms with Crippen molar-refractivity contribution < 1.29 is 5.11 Å². The van der Waals surface area contributed by atoms with E-state index in [0.717, 1.165) is 46.7 Å². The lowest BCUT2D eigenvalue weighted by Gasteiger charge is -2.09. The third-order valence-electron chi connectivity index (χ3n) is 2.62.